The number of ether oxygens (including phenoxy) is 1. The molecule has 2 aliphatic heterocycles. The Morgan fingerprint density at radius 3 is 2.93 bits per heavy atom. The van der Waals surface area contributed by atoms with Gasteiger partial charge in [-0.3, -0.25) is 4.79 Å². The van der Waals surface area contributed by atoms with Gasteiger partial charge in [-0.2, -0.15) is 0 Å². The summed E-state index contributed by atoms with van der Waals surface area (Å²) in [6.07, 6.45) is 2.55. The van der Waals surface area contributed by atoms with Gasteiger partial charge in [-0.15, -0.1) is 0 Å². The van der Waals surface area contributed by atoms with Crippen LogP contribution in [0.3, 0.4) is 0 Å². The lowest BCUT2D eigenvalue weighted by atomic mass is 10.2. The van der Waals surface area contributed by atoms with E-state index in [4.69, 9.17) is 10.5 Å². The van der Waals surface area contributed by atoms with Crippen molar-refractivity contribution in [3.8, 4) is 0 Å². The summed E-state index contributed by atoms with van der Waals surface area (Å²) in [7, 11) is 0. The summed E-state index contributed by atoms with van der Waals surface area (Å²) in [5, 5.41) is 0. The van der Waals surface area contributed by atoms with Crippen molar-refractivity contribution in [2.45, 2.75) is 18.9 Å². The SMILES string of the molecule is NCC1C2CN(CC3CCCO3)C(=O)C12. The van der Waals surface area contributed by atoms with Crippen molar-refractivity contribution in [1.82, 2.24) is 4.90 Å². The normalized spacial score (nSPS) is 43.5. The van der Waals surface area contributed by atoms with Crippen LogP contribution in [0.25, 0.3) is 0 Å². The zero-order valence-corrected chi connectivity index (χ0v) is 8.89. The first-order valence-corrected chi connectivity index (χ1v) is 5.91. The maximum Gasteiger partial charge on any atom is 0.226 e. The third-order valence-electron chi connectivity index (χ3n) is 4.08. The smallest absolute Gasteiger partial charge is 0.226 e. The van der Waals surface area contributed by atoms with Crippen LogP contribution in [0.2, 0.25) is 0 Å². The summed E-state index contributed by atoms with van der Waals surface area (Å²) in [4.78, 5) is 13.9. The van der Waals surface area contributed by atoms with Crippen molar-refractivity contribution in [1.29, 1.82) is 0 Å². The molecule has 0 radical (unpaired) electrons. The average Bonchev–Trinajstić information content (AvgIpc) is 2.59. The molecular weight excluding hydrogens is 192 g/mol. The van der Waals surface area contributed by atoms with E-state index in [-0.39, 0.29) is 5.92 Å². The van der Waals surface area contributed by atoms with Gasteiger partial charge in [0.05, 0.1) is 6.10 Å². The first-order valence-electron chi connectivity index (χ1n) is 5.91. The molecule has 2 N–H and O–H groups in total. The second-order valence-corrected chi connectivity index (χ2v) is 4.97. The van der Waals surface area contributed by atoms with E-state index in [2.05, 4.69) is 0 Å². The van der Waals surface area contributed by atoms with Crippen LogP contribution in [0.5, 0.6) is 0 Å². The highest BCUT2D eigenvalue weighted by Gasteiger charge is 2.60. The minimum Gasteiger partial charge on any atom is -0.376 e. The number of nitrogens with zero attached hydrogens (tertiary/aromatic N) is 1. The second-order valence-electron chi connectivity index (χ2n) is 4.97. The number of carbonyl (C=O) groups is 1. The Balaban J connectivity index is 1.55. The van der Waals surface area contributed by atoms with Crippen molar-refractivity contribution < 1.29 is 9.53 Å². The summed E-state index contributed by atoms with van der Waals surface area (Å²) >= 11 is 0. The Labute approximate surface area is 89.7 Å². The maximum absolute atomic E-state index is 11.9. The molecular formula is C11H18N2O2. The number of piperidine rings is 1. The standard InChI is InChI=1S/C11H18N2O2/c12-4-8-9-6-13(11(14)10(8)9)5-7-2-1-3-15-7/h7-10H,1-6,12H2. The Hall–Kier alpha value is -0.610. The Morgan fingerprint density at radius 1 is 1.53 bits per heavy atom. The van der Waals surface area contributed by atoms with Gasteiger partial charge in [0.2, 0.25) is 5.91 Å². The van der Waals surface area contributed by atoms with Crippen molar-refractivity contribution >= 4 is 5.91 Å². The molecule has 1 amide bonds. The zero-order chi connectivity index (χ0) is 10.4. The Morgan fingerprint density at radius 2 is 2.40 bits per heavy atom. The second kappa shape index (κ2) is 3.46. The third kappa shape index (κ3) is 1.47. The molecule has 4 nitrogen and oxygen atoms in total. The molecule has 0 spiro atoms. The fourth-order valence-corrected chi connectivity index (χ4v) is 3.14. The fourth-order valence-electron chi connectivity index (χ4n) is 3.14. The van der Waals surface area contributed by atoms with E-state index < -0.39 is 0 Å². The molecule has 2 saturated heterocycles. The van der Waals surface area contributed by atoms with Gasteiger partial charge in [-0.1, -0.05) is 0 Å². The predicted molar refractivity (Wildman–Crippen MR) is 55.1 cm³/mol. The number of carbonyl (C=O) groups excluding carboxylic acids is 1. The van der Waals surface area contributed by atoms with Crippen LogP contribution in [-0.2, 0) is 9.53 Å². The molecule has 0 aromatic rings. The molecule has 0 aromatic carbocycles. The largest absolute Gasteiger partial charge is 0.376 e. The zero-order valence-electron chi connectivity index (χ0n) is 8.89. The van der Waals surface area contributed by atoms with Gasteiger partial charge in [0.1, 0.15) is 0 Å². The molecule has 2 heterocycles. The first-order chi connectivity index (χ1) is 7.31. The van der Waals surface area contributed by atoms with E-state index in [0.29, 0.717) is 30.4 Å². The van der Waals surface area contributed by atoms with Gasteiger partial charge in [0.25, 0.3) is 0 Å². The van der Waals surface area contributed by atoms with E-state index in [1.165, 1.54) is 0 Å². The van der Waals surface area contributed by atoms with Crippen LogP contribution in [0, 0.1) is 17.8 Å². The van der Waals surface area contributed by atoms with E-state index in [0.717, 1.165) is 32.5 Å². The quantitative estimate of drug-likeness (QED) is 0.703. The van der Waals surface area contributed by atoms with E-state index in [1.54, 1.807) is 0 Å². The Kier molecular flexibility index (Phi) is 2.21. The minimum atomic E-state index is 0.261. The van der Waals surface area contributed by atoms with Crippen LogP contribution in [0.15, 0.2) is 0 Å². The number of likely N-dealkylation sites (tertiary alicyclic amines) is 1. The highest BCUT2D eigenvalue weighted by Crippen LogP contribution is 2.51. The van der Waals surface area contributed by atoms with E-state index in [9.17, 15) is 4.79 Å². The molecule has 1 saturated carbocycles. The summed E-state index contributed by atoms with van der Waals surface area (Å²) in [6, 6.07) is 0. The molecule has 0 bridgehead atoms. The van der Waals surface area contributed by atoms with Crippen LogP contribution in [0.4, 0.5) is 0 Å². The van der Waals surface area contributed by atoms with Gasteiger partial charge in [-0.25, -0.2) is 0 Å². The van der Waals surface area contributed by atoms with E-state index in [1.807, 2.05) is 4.90 Å². The molecule has 1 aliphatic carbocycles. The molecule has 3 rings (SSSR count). The van der Waals surface area contributed by atoms with Crippen molar-refractivity contribution in [3.05, 3.63) is 0 Å². The summed E-state index contributed by atoms with van der Waals surface area (Å²) in [5.74, 6) is 1.63. The first kappa shape index (κ1) is 9.60. The summed E-state index contributed by atoms with van der Waals surface area (Å²) in [6.45, 7) is 3.27. The van der Waals surface area contributed by atoms with Crippen molar-refractivity contribution in [2.24, 2.45) is 23.5 Å². The minimum absolute atomic E-state index is 0.261. The van der Waals surface area contributed by atoms with Gasteiger partial charge in [-0.05, 0) is 31.2 Å². The number of hydrogen-bond acceptors (Lipinski definition) is 3. The van der Waals surface area contributed by atoms with Crippen LogP contribution < -0.4 is 5.73 Å². The molecule has 4 heteroatoms. The lowest BCUT2D eigenvalue weighted by molar-refractivity contribution is -0.131. The molecule has 3 fully saturated rings. The fraction of sp³-hybridized carbons (Fsp3) is 0.909. The highest BCUT2D eigenvalue weighted by atomic mass is 16.5. The van der Waals surface area contributed by atoms with Crippen molar-refractivity contribution in [2.75, 3.05) is 26.2 Å². The molecule has 84 valence electrons. The highest BCUT2D eigenvalue weighted by molar-refractivity contribution is 5.85. The lowest BCUT2D eigenvalue weighted by Crippen LogP contribution is -2.37. The maximum atomic E-state index is 11.9. The molecule has 4 unspecified atom stereocenters. The van der Waals surface area contributed by atoms with Crippen molar-refractivity contribution in [3.63, 3.8) is 0 Å². The van der Waals surface area contributed by atoms with Gasteiger partial charge < -0.3 is 15.4 Å². The predicted octanol–water partition coefficient (Wildman–Crippen LogP) is -0.172. The summed E-state index contributed by atoms with van der Waals surface area (Å²) in [5.41, 5.74) is 5.60. The summed E-state index contributed by atoms with van der Waals surface area (Å²) < 4.78 is 5.55. The monoisotopic (exact) mass is 210 g/mol. The third-order valence-corrected chi connectivity index (χ3v) is 4.08. The van der Waals surface area contributed by atoms with Crippen LogP contribution >= 0.6 is 0 Å². The van der Waals surface area contributed by atoms with Crippen LogP contribution in [0.1, 0.15) is 12.8 Å². The molecule has 3 aliphatic rings. The van der Waals surface area contributed by atoms with Gasteiger partial charge in [0.15, 0.2) is 0 Å². The number of fused-ring (bicyclic) bond motifs is 1. The lowest BCUT2D eigenvalue weighted by Gasteiger charge is -2.22. The average molecular weight is 210 g/mol. The topological polar surface area (TPSA) is 55.6 Å². The van der Waals surface area contributed by atoms with E-state index >= 15 is 0 Å². The van der Waals surface area contributed by atoms with Crippen LogP contribution in [-0.4, -0.2) is 43.2 Å². The number of nitrogens with two attached hydrogens (primary N) is 1. The molecule has 15 heavy (non-hydrogen) atoms. The number of rotatable bonds is 3. The number of hydrogen-bond donors (Lipinski definition) is 1. The van der Waals surface area contributed by atoms with Gasteiger partial charge in [0, 0.05) is 25.6 Å². The number of amides is 1. The molecule has 0 aromatic heterocycles. The Bertz CT molecular complexity index is 276. The molecule has 4 atom stereocenters. The van der Waals surface area contributed by atoms with Gasteiger partial charge >= 0.3 is 0 Å².